The first kappa shape index (κ1) is 15.5. The molecule has 0 radical (unpaired) electrons. The van der Waals surface area contributed by atoms with E-state index in [0.29, 0.717) is 17.2 Å². The molecule has 114 valence electrons. The van der Waals surface area contributed by atoms with Crippen molar-refractivity contribution in [2.45, 2.75) is 32.6 Å². The average molecular weight is 289 g/mol. The van der Waals surface area contributed by atoms with Crippen LogP contribution in [0.1, 0.15) is 43.0 Å². The average Bonchev–Trinajstić information content (AvgIpc) is 2.53. The largest absolute Gasteiger partial charge is 0.465 e. The van der Waals surface area contributed by atoms with E-state index in [1.54, 1.807) is 30.1 Å². The zero-order valence-electron chi connectivity index (χ0n) is 13.0. The number of anilines is 1. The first-order valence-electron chi connectivity index (χ1n) is 7.49. The highest BCUT2D eigenvalue weighted by atomic mass is 16.5. The van der Waals surface area contributed by atoms with Gasteiger partial charge in [-0.3, -0.25) is 4.79 Å². The maximum atomic E-state index is 12.6. The second kappa shape index (κ2) is 6.74. The number of para-hydroxylation sites is 1. The fourth-order valence-electron chi connectivity index (χ4n) is 2.95. The van der Waals surface area contributed by atoms with Gasteiger partial charge in [-0.2, -0.15) is 0 Å². The molecule has 0 aromatic heterocycles. The number of carbonyl (C=O) groups is 2. The highest BCUT2D eigenvalue weighted by molar-refractivity contribution is 6.02. The predicted octanol–water partition coefficient (Wildman–Crippen LogP) is 3.26. The molecule has 0 bridgehead atoms. The van der Waals surface area contributed by atoms with E-state index in [9.17, 15) is 9.59 Å². The number of rotatable bonds is 3. The summed E-state index contributed by atoms with van der Waals surface area (Å²) in [5, 5.41) is 0. The zero-order chi connectivity index (χ0) is 15.4. The van der Waals surface area contributed by atoms with Crippen LogP contribution in [0.15, 0.2) is 24.3 Å². The lowest BCUT2D eigenvalue weighted by molar-refractivity contribution is -0.123. The molecule has 1 amide bonds. The van der Waals surface area contributed by atoms with Crippen LogP contribution in [-0.2, 0) is 9.53 Å². The molecular weight excluding hydrogens is 266 g/mol. The summed E-state index contributed by atoms with van der Waals surface area (Å²) in [6.07, 6.45) is 4.07. The zero-order valence-corrected chi connectivity index (χ0v) is 13.0. The van der Waals surface area contributed by atoms with Crippen LogP contribution in [0.25, 0.3) is 0 Å². The van der Waals surface area contributed by atoms with Crippen LogP contribution in [0, 0.1) is 11.8 Å². The molecule has 2 rings (SSSR count). The number of carbonyl (C=O) groups excluding carboxylic acids is 2. The first-order valence-corrected chi connectivity index (χ1v) is 7.49. The van der Waals surface area contributed by atoms with Gasteiger partial charge in [-0.05, 0) is 43.7 Å². The summed E-state index contributed by atoms with van der Waals surface area (Å²) in [7, 11) is 3.09. The molecule has 21 heavy (non-hydrogen) atoms. The van der Waals surface area contributed by atoms with Crippen LogP contribution in [0.5, 0.6) is 0 Å². The van der Waals surface area contributed by atoms with Crippen LogP contribution in [-0.4, -0.2) is 26.0 Å². The van der Waals surface area contributed by atoms with Gasteiger partial charge in [-0.1, -0.05) is 19.1 Å². The van der Waals surface area contributed by atoms with Crippen molar-refractivity contribution in [2.24, 2.45) is 11.8 Å². The molecule has 1 aliphatic carbocycles. The Bertz CT molecular complexity index is 519. The Morgan fingerprint density at radius 3 is 2.38 bits per heavy atom. The lowest BCUT2D eigenvalue weighted by Crippen LogP contribution is -2.35. The van der Waals surface area contributed by atoms with Crippen molar-refractivity contribution in [3.05, 3.63) is 29.8 Å². The molecule has 1 fully saturated rings. The number of methoxy groups -OCH3 is 1. The number of hydrogen-bond donors (Lipinski definition) is 0. The van der Waals surface area contributed by atoms with Crippen molar-refractivity contribution < 1.29 is 14.3 Å². The molecule has 4 heteroatoms. The Morgan fingerprint density at radius 2 is 1.76 bits per heavy atom. The van der Waals surface area contributed by atoms with Crippen molar-refractivity contribution in [3.63, 3.8) is 0 Å². The van der Waals surface area contributed by atoms with Gasteiger partial charge in [0.1, 0.15) is 0 Å². The van der Waals surface area contributed by atoms with Crippen molar-refractivity contribution in [1.29, 1.82) is 0 Å². The van der Waals surface area contributed by atoms with Crippen molar-refractivity contribution >= 4 is 17.6 Å². The van der Waals surface area contributed by atoms with Crippen LogP contribution >= 0.6 is 0 Å². The third kappa shape index (κ3) is 3.43. The van der Waals surface area contributed by atoms with Crippen LogP contribution < -0.4 is 4.90 Å². The SMILES string of the molecule is COC(=O)c1ccccc1N(C)C(=O)C1CCC(C)CC1. The molecule has 0 atom stereocenters. The molecule has 0 aliphatic heterocycles. The third-order valence-corrected chi connectivity index (χ3v) is 4.37. The molecule has 1 saturated carbocycles. The van der Waals surface area contributed by atoms with E-state index in [1.807, 2.05) is 6.07 Å². The van der Waals surface area contributed by atoms with E-state index in [4.69, 9.17) is 4.74 Å². The monoisotopic (exact) mass is 289 g/mol. The topological polar surface area (TPSA) is 46.6 Å². The summed E-state index contributed by atoms with van der Waals surface area (Å²) in [6, 6.07) is 7.08. The maximum absolute atomic E-state index is 12.6. The number of amides is 1. The lowest BCUT2D eigenvalue weighted by atomic mass is 9.82. The maximum Gasteiger partial charge on any atom is 0.339 e. The highest BCUT2D eigenvalue weighted by Gasteiger charge is 2.28. The molecular formula is C17H23NO3. The van der Waals surface area contributed by atoms with Crippen LogP contribution in [0.3, 0.4) is 0 Å². The second-order valence-electron chi connectivity index (χ2n) is 5.86. The Labute approximate surface area is 126 Å². The van der Waals surface area contributed by atoms with E-state index in [1.165, 1.54) is 7.11 Å². The minimum Gasteiger partial charge on any atom is -0.465 e. The summed E-state index contributed by atoms with van der Waals surface area (Å²) in [5.74, 6) is 0.458. The molecule has 0 saturated heterocycles. The minimum absolute atomic E-state index is 0.0666. The molecule has 0 heterocycles. The fraction of sp³-hybridized carbons (Fsp3) is 0.529. The van der Waals surface area contributed by atoms with Crippen molar-refractivity contribution in [3.8, 4) is 0 Å². The normalized spacial score (nSPS) is 21.7. The minimum atomic E-state index is -0.414. The number of esters is 1. The van der Waals surface area contributed by atoms with E-state index >= 15 is 0 Å². The van der Waals surface area contributed by atoms with Gasteiger partial charge in [0.15, 0.2) is 0 Å². The molecule has 1 aliphatic rings. The standard InChI is InChI=1S/C17H23NO3/c1-12-8-10-13(11-9-12)16(19)18(2)15-7-5-4-6-14(15)17(20)21-3/h4-7,12-13H,8-11H2,1-3H3. The van der Waals surface area contributed by atoms with Gasteiger partial charge in [0.2, 0.25) is 5.91 Å². The number of ether oxygens (including phenoxy) is 1. The molecule has 4 nitrogen and oxygen atoms in total. The first-order chi connectivity index (χ1) is 10.0. The molecule has 1 aromatic rings. The summed E-state index contributed by atoms with van der Waals surface area (Å²) in [5.41, 5.74) is 1.05. The third-order valence-electron chi connectivity index (χ3n) is 4.37. The summed E-state index contributed by atoms with van der Waals surface area (Å²) >= 11 is 0. The van der Waals surface area contributed by atoms with Gasteiger partial charge in [0.05, 0.1) is 18.4 Å². The van der Waals surface area contributed by atoms with Gasteiger partial charge in [0, 0.05) is 13.0 Å². The smallest absolute Gasteiger partial charge is 0.339 e. The summed E-state index contributed by atoms with van der Waals surface area (Å²) < 4.78 is 4.79. The van der Waals surface area contributed by atoms with Gasteiger partial charge in [-0.25, -0.2) is 4.79 Å². The van der Waals surface area contributed by atoms with E-state index in [2.05, 4.69) is 6.92 Å². The van der Waals surface area contributed by atoms with Gasteiger partial charge < -0.3 is 9.64 Å². The highest BCUT2D eigenvalue weighted by Crippen LogP contribution is 2.31. The predicted molar refractivity (Wildman–Crippen MR) is 82.3 cm³/mol. The number of nitrogens with zero attached hydrogens (tertiary/aromatic N) is 1. The molecule has 0 unspecified atom stereocenters. The van der Waals surface area contributed by atoms with Crippen LogP contribution in [0.2, 0.25) is 0 Å². The van der Waals surface area contributed by atoms with E-state index < -0.39 is 5.97 Å². The molecule has 0 spiro atoms. The van der Waals surface area contributed by atoms with Gasteiger partial charge in [0.25, 0.3) is 0 Å². The van der Waals surface area contributed by atoms with E-state index in [0.717, 1.165) is 25.7 Å². The number of benzene rings is 1. The van der Waals surface area contributed by atoms with Crippen LogP contribution in [0.4, 0.5) is 5.69 Å². The van der Waals surface area contributed by atoms with Gasteiger partial charge in [-0.15, -0.1) is 0 Å². The van der Waals surface area contributed by atoms with Crippen molar-refractivity contribution in [1.82, 2.24) is 0 Å². The second-order valence-corrected chi connectivity index (χ2v) is 5.86. The Balaban J connectivity index is 2.18. The number of hydrogen-bond acceptors (Lipinski definition) is 3. The van der Waals surface area contributed by atoms with Gasteiger partial charge >= 0.3 is 5.97 Å². The quantitative estimate of drug-likeness (QED) is 0.802. The van der Waals surface area contributed by atoms with E-state index in [-0.39, 0.29) is 11.8 Å². The molecule has 1 aromatic carbocycles. The summed E-state index contributed by atoms with van der Waals surface area (Å²) in [6.45, 7) is 2.23. The fourth-order valence-corrected chi connectivity index (χ4v) is 2.95. The Kier molecular flexibility index (Phi) is 4.99. The molecule has 0 N–H and O–H groups in total. The lowest BCUT2D eigenvalue weighted by Gasteiger charge is -2.29. The van der Waals surface area contributed by atoms with Crippen molar-refractivity contribution in [2.75, 3.05) is 19.1 Å². The Morgan fingerprint density at radius 1 is 1.14 bits per heavy atom. The Hall–Kier alpha value is -1.84. The summed E-state index contributed by atoms with van der Waals surface area (Å²) in [4.78, 5) is 26.1.